The maximum atomic E-state index is 11.3. The van der Waals surface area contributed by atoms with Gasteiger partial charge in [0.2, 0.25) is 5.76 Å². The lowest BCUT2D eigenvalue weighted by Gasteiger charge is -2.10. The van der Waals surface area contributed by atoms with Crippen LogP contribution in [0.15, 0.2) is 34.8 Å². The first-order valence-corrected chi connectivity index (χ1v) is 4.87. The van der Waals surface area contributed by atoms with Crippen molar-refractivity contribution in [1.82, 2.24) is 0 Å². The lowest BCUT2D eigenvalue weighted by molar-refractivity contribution is -0.143. The summed E-state index contributed by atoms with van der Waals surface area (Å²) in [6, 6.07) is 1.83. The number of hydrogen-bond acceptors (Lipinski definition) is 4. The van der Waals surface area contributed by atoms with Crippen molar-refractivity contribution < 1.29 is 18.7 Å². The van der Waals surface area contributed by atoms with Gasteiger partial charge >= 0.3 is 5.97 Å². The van der Waals surface area contributed by atoms with E-state index in [0.29, 0.717) is 18.8 Å². The number of ether oxygens (including phenoxy) is 2. The van der Waals surface area contributed by atoms with Gasteiger partial charge in [-0.3, -0.25) is 0 Å². The van der Waals surface area contributed by atoms with Gasteiger partial charge in [0.1, 0.15) is 6.10 Å². The zero-order valence-electron chi connectivity index (χ0n) is 8.43. The van der Waals surface area contributed by atoms with Crippen LogP contribution in [0.4, 0.5) is 0 Å². The molecular weight excluding hydrogens is 196 g/mol. The van der Waals surface area contributed by atoms with Crippen LogP contribution in [0.5, 0.6) is 0 Å². The predicted octanol–water partition coefficient (Wildman–Crippen LogP) is 2.19. The van der Waals surface area contributed by atoms with Crippen molar-refractivity contribution in [3.8, 4) is 0 Å². The fourth-order valence-electron chi connectivity index (χ4n) is 1.46. The van der Waals surface area contributed by atoms with E-state index in [-0.39, 0.29) is 6.10 Å². The molecule has 0 aliphatic carbocycles. The van der Waals surface area contributed by atoms with Gasteiger partial charge < -0.3 is 13.9 Å². The summed E-state index contributed by atoms with van der Waals surface area (Å²) in [5.74, 6) is -0.105. The number of rotatable bonds is 3. The Labute approximate surface area is 87.5 Å². The second-order valence-corrected chi connectivity index (χ2v) is 3.19. The second-order valence-electron chi connectivity index (χ2n) is 3.19. The molecule has 0 amide bonds. The first-order chi connectivity index (χ1) is 7.31. The molecule has 0 saturated carbocycles. The Morgan fingerprint density at radius 2 is 2.53 bits per heavy atom. The average Bonchev–Trinajstić information content (AvgIpc) is 2.89. The van der Waals surface area contributed by atoms with Gasteiger partial charge in [-0.15, -0.1) is 0 Å². The molecule has 1 aromatic heterocycles. The number of carbonyl (C=O) groups excluding carboxylic acids is 1. The van der Waals surface area contributed by atoms with Gasteiger partial charge in [-0.1, -0.05) is 0 Å². The van der Waals surface area contributed by atoms with Crippen molar-refractivity contribution in [3.05, 3.63) is 36.0 Å². The van der Waals surface area contributed by atoms with E-state index in [9.17, 15) is 4.79 Å². The van der Waals surface area contributed by atoms with Crippen molar-refractivity contribution >= 4 is 5.97 Å². The van der Waals surface area contributed by atoms with Gasteiger partial charge in [0.15, 0.2) is 0 Å². The van der Waals surface area contributed by atoms with Gasteiger partial charge in [0.25, 0.3) is 0 Å². The molecule has 1 aliphatic rings. The Bertz CT molecular complexity index is 364. The summed E-state index contributed by atoms with van der Waals surface area (Å²) >= 11 is 0. The van der Waals surface area contributed by atoms with Crippen molar-refractivity contribution in [2.45, 2.75) is 19.4 Å². The van der Waals surface area contributed by atoms with Crippen LogP contribution in [0.25, 0.3) is 0 Å². The summed E-state index contributed by atoms with van der Waals surface area (Å²) in [4.78, 5) is 11.3. The van der Waals surface area contributed by atoms with Crippen LogP contribution in [0, 0.1) is 0 Å². The minimum Gasteiger partial charge on any atom is -0.478 e. The molecule has 2 heterocycles. The SMILES string of the molecule is CCOC(=O)C1=CCC(c2ccoc2)O1. The van der Waals surface area contributed by atoms with Crippen molar-refractivity contribution in [2.24, 2.45) is 0 Å². The highest BCUT2D eigenvalue weighted by Gasteiger charge is 2.25. The molecule has 1 aliphatic heterocycles. The lowest BCUT2D eigenvalue weighted by atomic mass is 10.1. The number of furan rings is 1. The fraction of sp³-hybridized carbons (Fsp3) is 0.364. The molecule has 15 heavy (non-hydrogen) atoms. The minimum absolute atomic E-state index is 0.122. The van der Waals surface area contributed by atoms with Crippen LogP contribution in [0.2, 0.25) is 0 Å². The Balaban J connectivity index is 1.96. The summed E-state index contributed by atoms with van der Waals surface area (Å²) in [6.45, 7) is 2.12. The average molecular weight is 208 g/mol. The zero-order chi connectivity index (χ0) is 10.7. The van der Waals surface area contributed by atoms with Gasteiger partial charge in [-0.05, 0) is 19.1 Å². The van der Waals surface area contributed by atoms with Crippen LogP contribution >= 0.6 is 0 Å². The van der Waals surface area contributed by atoms with E-state index >= 15 is 0 Å². The monoisotopic (exact) mass is 208 g/mol. The first kappa shape index (κ1) is 9.83. The normalized spacial score (nSPS) is 19.5. The van der Waals surface area contributed by atoms with Crippen LogP contribution in [-0.4, -0.2) is 12.6 Å². The molecule has 1 aromatic rings. The van der Waals surface area contributed by atoms with Crippen LogP contribution in [0.3, 0.4) is 0 Å². The molecule has 0 aromatic carbocycles. The quantitative estimate of drug-likeness (QED) is 0.714. The second kappa shape index (κ2) is 4.21. The van der Waals surface area contributed by atoms with Crippen LogP contribution in [0.1, 0.15) is 25.0 Å². The minimum atomic E-state index is -0.400. The third-order valence-corrected chi connectivity index (χ3v) is 2.18. The van der Waals surface area contributed by atoms with Gasteiger partial charge in [-0.25, -0.2) is 4.79 Å². The molecule has 0 saturated heterocycles. The van der Waals surface area contributed by atoms with E-state index in [1.165, 1.54) is 0 Å². The Morgan fingerprint density at radius 3 is 3.20 bits per heavy atom. The molecule has 1 atom stereocenters. The summed E-state index contributed by atoms with van der Waals surface area (Å²) in [6.07, 6.45) is 5.50. The maximum Gasteiger partial charge on any atom is 0.373 e. The summed E-state index contributed by atoms with van der Waals surface area (Å²) in [7, 11) is 0. The van der Waals surface area contributed by atoms with Gasteiger partial charge in [0.05, 0.1) is 19.1 Å². The molecule has 0 fully saturated rings. The number of carbonyl (C=O) groups is 1. The third-order valence-electron chi connectivity index (χ3n) is 2.18. The molecular formula is C11H12O4. The summed E-state index contributed by atoms with van der Waals surface area (Å²) in [5, 5.41) is 0. The molecule has 0 radical (unpaired) electrons. The Kier molecular flexibility index (Phi) is 2.76. The molecule has 4 nitrogen and oxygen atoms in total. The zero-order valence-corrected chi connectivity index (χ0v) is 8.43. The first-order valence-electron chi connectivity index (χ1n) is 4.87. The topological polar surface area (TPSA) is 48.7 Å². The van der Waals surface area contributed by atoms with E-state index < -0.39 is 5.97 Å². The van der Waals surface area contributed by atoms with E-state index in [2.05, 4.69) is 0 Å². The Morgan fingerprint density at radius 1 is 1.67 bits per heavy atom. The van der Waals surface area contributed by atoms with E-state index in [4.69, 9.17) is 13.9 Å². The molecule has 0 bridgehead atoms. The molecule has 0 spiro atoms. The number of esters is 1. The standard InChI is InChI=1S/C11H12O4/c1-2-14-11(12)10-4-3-9(15-10)8-5-6-13-7-8/h4-7,9H,2-3H2,1H3. The summed E-state index contributed by atoms with van der Waals surface area (Å²) in [5.41, 5.74) is 0.936. The Hall–Kier alpha value is -1.71. The van der Waals surface area contributed by atoms with Gasteiger partial charge in [-0.2, -0.15) is 0 Å². The van der Waals surface area contributed by atoms with E-state index in [1.807, 2.05) is 6.07 Å². The lowest BCUT2D eigenvalue weighted by Crippen LogP contribution is -2.08. The largest absolute Gasteiger partial charge is 0.478 e. The highest BCUT2D eigenvalue weighted by Crippen LogP contribution is 2.31. The van der Waals surface area contributed by atoms with E-state index in [0.717, 1.165) is 5.56 Å². The number of hydrogen-bond donors (Lipinski definition) is 0. The predicted molar refractivity (Wildman–Crippen MR) is 51.9 cm³/mol. The highest BCUT2D eigenvalue weighted by molar-refractivity contribution is 5.86. The van der Waals surface area contributed by atoms with Gasteiger partial charge in [0, 0.05) is 12.0 Å². The smallest absolute Gasteiger partial charge is 0.373 e. The third kappa shape index (κ3) is 2.03. The van der Waals surface area contributed by atoms with Crippen LogP contribution < -0.4 is 0 Å². The van der Waals surface area contributed by atoms with Crippen molar-refractivity contribution in [2.75, 3.05) is 6.61 Å². The fourth-order valence-corrected chi connectivity index (χ4v) is 1.46. The molecule has 4 heteroatoms. The maximum absolute atomic E-state index is 11.3. The van der Waals surface area contributed by atoms with E-state index in [1.54, 1.807) is 25.5 Å². The molecule has 80 valence electrons. The van der Waals surface area contributed by atoms with Crippen molar-refractivity contribution in [1.29, 1.82) is 0 Å². The molecule has 2 rings (SSSR count). The molecule has 0 N–H and O–H groups in total. The molecule has 1 unspecified atom stereocenters. The summed E-state index contributed by atoms with van der Waals surface area (Å²) < 4.78 is 15.2. The van der Waals surface area contributed by atoms with Crippen LogP contribution in [-0.2, 0) is 14.3 Å². The highest BCUT2D eigenvalue weighted by atomic mass is 16.6. The van der Waals surface area contributed by atoms with Crippen molar-refractivity contribution in [3.63, 3.8) is 0 Å².